The summed E-state index contributed by atoms with van der Waals surface area (Å²) >= 11 is 0. The first-order valence-corrected chi connectivity index (χ1v) is 7.43. The maximum Gasteiger partial charge on any atom is 0.309 e. The maximum absolute atomic E-state index is 12.4. The van der Waals surface area contributed by atoms with Gasteiger partial charge in [-0.2, -0.15) is 0 Å². The zero-order valence-corrected chi connectivity index (χ0v) is 11.5. The smallest absolute Gasteiger partial charge is 0.309 e. The summed E-state index contributed by atoms with van der Waals surface area (Å²) in [5, 5.41) is 0. The Hall–Kier alpha value is -1.06. The van der Waals surface area contributed by atoms with Gasteiger partial charge in [0.1, 0.15) is 11.7 Å². The molecule has 0 amide bonds. The minimum absolute atomic E-state index is 0.0545. The monoisotopic (exact) mass is 266 g/mol. The second-order valence-corrected chi connectivity index (χ2v) is 6.69. The van der Waals surface area contributed by atoms with Crippen LogP contribution in [0.1, 0.15) is 51.9 Å². The molecule has 4 atom stereocenters. The highest BCUT2D eigenvalue weighted by Gasteiger charge is 2.51. The molecule has 0 aliphatic heterocycles. The maximum atomic E-state index is 12.4. The van der Waals surface area contributed by atoms with E-state index in [0.29, 0.717) is 12.4 Å². The lowest BCUT2D eigenvalue weighted by Crippen LogP contribution is -2.37. The Kier molecular flexibility index (Phi) is 3.27. The molecule has 4 heteroatoms. The summed E-state index contributed by atoms with van der Waals surface area (Å²) in [5.74, 6) is 0.605. The van der Waals surface area contributed by atoms with Gasteiger partial charge in [-0.1, -0.05) is 0 Å². The molecule has 3 saturated carbocycles. The van der Waals surface area contributed by atoms with Crippen LogP contribution in [0.3, 0.4) is 0 Å². The number of fused-ring (bicyclic) bond motifs is 2. The molecule has 3 aliphatic carbocycles. The minimum Gasteiger partial charge on any atom is -0.464 e. The number of carbonyl (C=O) groups is 2. The third-order valence-electron chi connectivity index (χ3n) is 5.29. The van der Waals surface area contributed by atoms with E-state index in [2.05, 4.69) is 0 Å². The fraction of sp³-hybridized carbons (Fsp3) is 0.867. The van der Waals surface area contributed by atoms with Crippen LogP contribution < -0.4 is 0 Å². The summed E-state index contributed by atoms with van der Waals surface area (Å²) in [5.41, 5.74) is -0.250. The molecule has 0 spiro atoms. The van der Waals surface area contributed by atoms with Gasteiger partial charge in [0.25, 0.3) is 6.47 Å². The van der Waals surface area contributed by atoms with Gasteiger partial charge in [-0.15, -0.1) is 0 Å². The van der Waals surface area contributed by atoms with E-state index >= 15 is 0 Å². The van der Waals surface area contributed by atoms with Crippen molar-refractivity contribution >= 4 is 12.4 Å². The van der Waals surface area contributed by atoms with Gasteiger partial charge in [-0.25, -0.2) is 0 Å². The van der Waals surface area contributed by atoms with E-state index in [4.69, 9.17) is 9.47 Å². The van der Waals surface area contributed by atoms with Crippen LogP contribution in [0.25, 0.3) is 0 Å². The number of rotatable bonds is 4. The molecule has 2 bridgehead atoms. The molecule has 4 nitrogen and oxygen atoms in total. The van der Waals surface area contributed by atoms with Crippen molar-refractivity contribution in [3.05, 3.63) is 0 Å². The third kappa shape index (κ3) is 2.37. The van der Waals surface area contributed by atoms with Crippen molar-refractivity contribution in [1.82, 2.24) is 0 Å². The second-order valence-electron chi connectivity index (χ2n) is 6.69. The first-order chi connectivity index (χ1) is 9.11. The van der Waals surface area contributed by atoms with E-state index in [1.54, 1.807) is 0 Å². The predicted octanol–water partition coefficient (Wildman–Crippen LogP) is 2.45. The van der Waals surface area contributed by atoms with Crippen molar-refractivity contribution in [2.45, 2.75) is 63.6 Å². The molecule has 0 aromatic rings. The summed E-state index contributed by atoms with van der Waals surface area (Å²) in [6.07, 6.45) is 7.04. The van der Waals surface area contributed by atoms with Crippen molar-refractivity contribution in [3.8, 4) is 0 Å². The fourth-order valence-corrected chi connectivity index (χ4v) is 4.33. The van der Waals surface area contributed by atoms with E-state index in [9.17, 15) is 9.59 Å². The van der Waals surface area contributed by atoms with E-state index in [0.717, 1.165) is 44.9 Å². The Morgan fingerprint density at radius 2 is 1.95 bits per heavy atom. The number of carbonyl (C=O) groups excluding carboxylic acids is 2. The van der Waals surface area contributed by atoms with Crippen LogP contribution in [-0.4, -0.2) is 24.1 Å². The molecular weight excluding hydrogens is 244 g/mol. The van der Waals surface area contributed by atoms with Crippen LogP contribution in [0, 0.1) is 17.8 Å². The van der Waals surface area contributed by atoms with Gasteiger partial charge < -0.3 is 9.47 Å². The number of hydrogen-bond donors (Lipinski definition) is 0. The Labute approximate surface area is 113 Å². The molecule has 3 aliphatic rings. The van der Waals surface area contributed by atoms with Crippen molar-refractivity contribution in [3.63, 3.8) is 0 Å². The lowest BCUT2D eigenvalue weighted by molar-refractivity contribution is -0.168. The van der Waals surface area contributed by atoms with Gasteiger partial charge in [-0.05, 0) is 57.8 Å². The molecule has 4 unspecified atom stereocenters. The molecule has 0 saturated heterocycles. The summed E-state index contributed by atoms with van der Waals surface area (Å²) in [6.45, 7) is 2.57. The minimum atomic E-state index is -0.250. The van der Waals surface area contributed by atoms with Crippen LogP contribution >= 0.6 is 0 Å². The predicted molar refractivity (Wildman–Crippen MR) is 68.2 cm³/mol. The molecule has 0 heterocycles. The zero-order valence-electron chi connectivity index (χ0n) is 11.5. The molecule has 0 N–H and O–H groups in total. The van der Waals surface area contributed by atoms with Gasteiger partial charge >= 0.3 is 5.97 Å². The average Bonchev–Trinajstić information content (AvgIpc) is 3.04. The third-order valence-corrected chi connectivity index (χ3v) is 5.29. The number of ether oxygens (including phenoxy) is 2. The topological polar surface area (TPSA) is 52.6 Å². The Morgan fingerprint density at radius 3 is 2.58 bits per heavy atom. The molecule has 106 valence electrons. The van der Waals surface area contributed by atoms with Gasteiger partial charge in [0.15, 0.2) is 0 Å². The molecule has 3 fully saturated rings. The quantitative estimate of drug-likeness (QED) is 0.579. The van der Waals surface area contributed by atoms with Crippen molar-refractivity contribution in [1.29, 1.82) is 0 Å². The van der Waals surface area contributed by atoms with Crippen molar-refractivity contribution in [2.24, 2.45) is 17.8 Å². The Bertz CT molecular complexity index is 372. The normalized spacial score (nSPS) is 39.2. The summed E-state index contributed by atoms with van der Waals surface area (Å²) in [4.78, 5) is 22.9. The lowest BCUT2D eigenvalue weighted by Gasteiger charge is -2.31. The van der Waals surface area contributed by atoms with E-state index < -0.39 is 0 Å². The van der Waals surface area contributed by atoms with Gasteiger partial charge in [0.05, 0.1) is 5.92 Å². The summed E-state index contributed by atoms with van der Waals surface area (Å²) < 4.78 is 10.9. The van der Waals surface area contributed by atoms with Crippen LogP contribution in [0.5, 0.6) is 0 Å². The van der Waals surface area contributed by atoms with Crippen molar-refractivity contribution < 1.29 is 19.1 Å². The first kappa shape index (κ1) is 12.9. The Balaban J connectivity index is 1.63. The number of esters is 1. The largest absolute Gasteiger partial charge is 0.464 e. The van der Waals surface area contributed by atoms with E-state index in [1.807, 2.05) is 6.92 Å². The van der Waals surface area contributed by atoms with E-state index in [-0.39, 0.29) is 29.5 Å². The molecule has 0 aromatic heterocycles. The molecule has 0 aromatic carbocycles. The zero-order chi connectivity index (χ0) is 13.5. The molecule has 3 rings (SSSR count). The van der Waals surface area contributed by atoms with E-state index in [1.165, 1.54) is 0 Å². The Morgan fingerprint density at radius 1 is 1.21 bits per heavy atom. The van der Waals surface area contributed by atoms with Crippen molar-refractivity contribution in [2.75, 3.05) is 0 Å². The number of hydrogen-bond acceptors (Lipinski definition) is 4. The summed E-state index contributed by atoms with van der Waals surface area (Å²) in [7, 11) is 0. The lowest BCUT2D eigenvalue weighted by atomic mass is 9.86. The standard InChI is InChI=1S/C15H22O4/c1-15(4-2-3-5-15)19-14(17)12-7-10-6-11(12)13(8-10)18-9-16/h9-13H,2-8H2,1H3. The molecule has 0 radical (unpaired) electrons. The molecular formula is C15H22O4. The van der Waals surface area contributed by atoms with Gasteiger partial charge in [0.2, 0.25) is 0 Å². The average molecular weight is 266 g/mol. The van der Waals surface area contributed by atoms with Crippen LogP contribution in [0.4, 0.5) is 0 Å². The van der Waals surface area contributed by atoms with Crippen LogP contribution in [-0.2, 0) is 19.1 Å². The van der Waals surface area contributed by atoms with Crippen LogP contribution in [0.2, 0.25) is 0 Å². The van der Waals surface area contributed by atoms with Gasteiger partial charge in [0, 0.05) is 5.92 Å². The first-order valence-electron chi connectivity index (χ1n) is 7.43. The SMILES string of the molecule is CC1(OC(=O)C2CC3CC(OC=O)C2C3)CCCC1. The highest BCUT2D eigenvalue weighted by Crippen LogP contribution is 2.50. The second kappa shape index (κ2) is 4.80. The highest BCUT2D eigenvalue weighted by molar-refractivity contribution is 5.74. The molecule has 19 heavy (non-hydrogen) atoms. The van der Waals surface area contributed by atoms with Gasteiger partial charge in [-0.3, -0.25) is 9.59 Å². The van der Waals surface area contributed by atoms with Crippen LogP contribution in [0.15, 0.2) is 0 Å². The highest BCUT2D eigenvalue weighted by atomic mass is 16.6. The summed E-state index contributed by atoms with van der Waals surface area (Å²) in [6, 6.07) is 0. The fourth-order valence-electron chi connectivity index (χ4n) is 4.33.